The van der Waals surface area contributed by atoms with Crippen LogP contribution in [-0.2, 0) is 19.1 Å². The topological polar surface area (TPSA) is 105 Å². The second kappa shape index (κ2) is 9.21. The minimum absolute atomic E-state index is 0.00528. The Morgan fingerprint density at radius 1 is 1.07 bits per heavy atom. The van der Waals surface area contributed by atoms with E-state index in [9.17, 15) is 19.2 Å². The van der Waals surface area contributed by atoms with Crippen LogP contribution in [0, 0.1) is 19.8 Å². The standard InChI is InChI=1S/C22H23N3O5/c1-14-7-9-16(10-8-14)21(28)24-25-12-17(11-20(25)27)22(29)30-13-19(26)23-18-6-4-3-5-15(18)2/h3-10,17H,11-13H2,1-2H3,(H,23,26)(H,24,28)/t17-/m0/s1. The number of para-hydroxylation sites is 1. The number of benzene rings is 2. The highest BCUT2D eigenvalue weighted by atomic mass is 16.5. The summed E-state index contributed by atoms with van der Waals surface area (Å²) in [5, 5.41) is 3.78. The van der Waals surface area contributed by atoms with E-state index in [0.29, 0.717) is 11.3 Å². The molecule has 0 saturated carbocycles. The molecule has 1 aliphatic heterocycles. The van der Waals surface area contributed by atoms with Crippen molar-refractivity contribution in [1.29, 1.82) is 0 Å². The summed E-state index contributed by atoms with van der Waals surface area (Å²) in [4.78, 5) is 48.7. The lowest BCUT2D eigenvalue weighted by atomic mass is 10.1. The number of rotatable bonds is 6. The van der Waals surface area contributed by atoms with Crippen molar-refractivity contribution in [2.45, 2.75) is 20.3 Å². The molecule has 156 valence electrons. The van der Waals surface area contributed by atoms with Gasteiger partial charge in [0, 0.05) is 17.7 Å². The van der Waals surface area contributed by atoms with Gasteiger partial charge in [0.25, 0.3) is 11.8 Å². The molecule has 2 aromatic rings. The summed E-state index contributed by atoms with van der Waals surface area (Å²) in [5.74, 6) is -2.69. The van der Waals surface area contributed by atoms with Gasteiger partial charge in [-0.3, -0.25) is 29.6 Å². The van der Waals surface area contributed by atoms with Crippen LogP contribution in [0.3, 0.4) is 0 Å². The van der Waals surface area contributed by atoms with Crippen molar-refractivity contribution in [2.24, 2.45) is 5.92 Å². The first-order valence-electron chi connectivity index (χ1n) is 9.53. The molecule has 1 atom stereocenters. The van der Waals surface area contributed by atoms with E-state index in [1.54, 1.807) is 36.4 Å². The summed E-state index contributed by atoms with van der Waals surface area (Å²) in [6.45, 7) is 3.30. The van der Waals surface area contributed by atoms with E-state index in [2.05, 4.69) is 10.7 Å². The lowest BCUT2D eigenvalue weighted by molar-refractivity contribution is -0.151. The van der Waals surface area contributed by atoms with Crippen LogP contribution in [0.15, 0.2) is 48.5 Å². The van der Waals surface area contributed by atoms with Gasteiger partial charge in [-0.05, 0) is 37.6 Å². The molecule has 1 heterocycles. The molecule has 0 spiro atoms. The number of nitrogens with one attached hydrogen (secondary N) is 2. The normalized spacial score (nSPS) is 15.6. The van der Waals surface area contributed by atoms with Gasteiger partial charge in [-0.2, -0.15) is 0 Å². The Morgan fingerprint density at radius 2 is 1.77 bits per heavy atom. The first-order valence-corrected chi connectivity index (χ1v) is 9.53. The molecule has 30 heavy (non-hydrogen) atoms. The summed E-state index contributed by atoms with van der Waals surface area (Å²) in [7, 11) is 0. The maximum atomic E-state index is 12.3. The number of esters is 1. The van der Waals surface area contributed by atoms with Gasteiger partial charge in [0.05, 0.1) is 12.5 Å². The molecule has 0 bridgehead atoms. The number of hydrogen-bond acceptors (Lipinski definition) is 5. The summed E-state index contributed by atoms with van der Waals surface area (Å²) in [6.07, 6.45) is -0.0908. The smallest absolute Gasteiger partial charge is 0.311 e. The van der Waals surface area contributed by atoms with Crippen LogP contribution in [0.4, 0.5) is 5.69 Å². The molecule has 0 aromatic heterocycles. The highest BCUT2D eigenvalue weighted by Crippen LogP contribution is 2.18. The SMILES string of the molecule is Cc1ccc(C(=O)NN2C[C@@H](C(=O)OCC(=O)Nc3ccccc3C)CC2=O)cc1. The first kappa shape index (κ1) is 21.0. The van der Waals surface area contributed by atoms with E-state index in [-0.39, 0.29) is 18.9 Å². The van der Waals surface area contributed by atoms with Gasteiger partial charge in [0.2, 0.25) is 5.91 Å². The van der Waals surface area contributed by atoms with Gasteiger partial charge in [0.1, 0.15) is 0 Å². The van der Waals surface area contributed by atoms with E-state index < -0.39 is 30.3 Å². The number of amides is 3. The molecule has 3 amide bonds. The quantitative estimate of drug-likeness (QED) is 0.710. The van der Waals surface area contributed by atoms with E-state index in [0.717, 1.165) is 16.1 Å². The zero-order valence-electron chi connectivity index (χ0n) is 16.8. The molecule has 1 saturated heterocycles. The first-order chi connectivity index (χ1) is 14.3. The molecule has 2 aromatic carbocycles. The third-order valence-electron chi connectivity index (χ3n) is 4.77. The van der Waals surface area contributed by atoms with Gasteiger partial charge >= 0.3 is 5.97 Å². The molecule has 8 nitrogen and oxygen atoms in total. The fraction of sp³-hybridized carbons (Fsp3) is 0.273. The Kier molecular flexibility index (Phi) is 6.46. The van der Waals surface area contributed by atoms with Crippen LogP contribution in [0.2, 0.25) is 0 Å². The molecular formula is C22H23N3O5. The Morgan fingerprint density at radius 3 is 2.47 bits per heavy atom. The Bertz CT molecular complexity index is 971. The summed E-state index contributed by atoms with van der Waals surface area (Å²) < 4.78 is 5.06. The fourth-order valence-corrected chi connectivity index (χ4v) is 3.02. The summed E-state index contributed by atoms with van der Waals surface area (Å²) in [6, 6.07) is 14.1. The number of hydrogen-bond donors (Lipinski definition) is 2. The number of carbonyl (C=O) groups is 4. The lowest BCUT2D eigenvalue weighted by Crippen LogP contribution is -2.43. The number of anilines is 1. The summed E-state index contributed by atoms with van der Waals surface area (Å²) >= 11 is 0. The van der Waals surface area contributed by atoms with Crippen molar-refractivity contribution in [1.82, 2.24) is 10.4 Å². The maximum absolute atomic E-state index is 12.3. The predicted octanol–water partition coefficient (Wildman–Crippen LogP) is 1.98. The molecule has 0 aliphatic carbocycles. The van der Waals surface area contributed by atoms with Crippen molar-refractivity contribution in [2.75, 3.05) is 18.5 Å². The molecule has 1 aliphatic rings. The van der Waals surface area contributed by atoms with Gasteiger partial charge in [-0.25, -0.2) is 0 Å². The van der Waals surface area contributed by atoms with Crippen molar-refractivity contribution in [3.05, 3.63) is 65.2 Å². The number of ether oxygens (including phenoxy) is 1. The Labute approximate surface area is 174 Å². The zero-order valence-corrected chi connectivity index (χ0v) is 16.8. The maximum Gasteiger partial charge on any atom is 0.311 e. The van der Waals surface area contributed by atoms with Crippen LogP contribution in [0.5, 0.6) is 0 Å². The highest BCUT2D eigenvalue weighted by molar-refractivity contribution is 5.97. The number of hydrazine groups is 1. The molecular weight excluding hydrogens is 386 g/mol. The fourth-order valence-electron chi connectivity index (χ4n) is 3.02. The van der Waals surface area contributed by atoms with Crippen LogP contribution < -0.4 is 10.7 Å². The number of nitrogens with zero attached hydrogens (tertiary/aromatic N) is 1. The minimum Gasteiger partial charge on any atom is -0.455 e. The highest BCUT2D eigenvalue weighted by Gasteiger charge is 2.36. The third-order valence-corrected chi connectivity index (χ3v) is 4.77. The van der Waals surface area contributed by atoms with Crippen LogP contribution in [0.1, 0.15) is 27.9 Å². The number of aryl methyl sites for hydroxylation is 2. The molecule has 1 fully saturated rings. The van der Waals surface area contributed by atoms with Crippen molar-refractivity contribution in [3.63, 3.8) is 0 Å². The molecule has 3 rings (SSSR count). The van der Waals surface area contributed by atoms with E-state index in [1.165, 1.54) is 0 Å². The second-order valence-electron chi connectivity index (χ2n) is 7.18. The molecule has 0 unspecified atom stereocenters. The number of carbonyl (C=O) groups excluding carboxylic acids is 4. The Hall–Kier alpha value is -3.68. The predicted molar refractivity (Wildman–Crippen MR) is 109 cm³/mol. The third kappa shape index (κ3) is 5.22. The Balaban J connectivity index is 1.48. The largest absolute Gasteiger partial charge is 0.455 e. The summed E-state index contributed by atoms with van der Waals surface area (Å²) in [5.41, 5.74) is 5.46. The molecule has 8 heteroatoms. The monoisotopic (exact) mass is 409 g/mol. The van der Waals surface area contributed by atoms with Gasteiger partial charge in [-0.1, -0.05) is 35.9 Å². The lowest BCUT2D eigenvalue weighted by Gasteiger charge is -2.17. The van der Waals surface area contributed by atoms with Gasteiger partial charge in [0.15, 0.2) is 6.61 Å². The van der Waals surface area contributed by atoms with E-state index in [4.69, 9.17) is 4.74 Å². The van der Waals surface area contributed by atoms with E-state index in [1.807, 2.05) is 26.0 Å². The second-order valence-corrected chi connectivity index (χ2v) is 7.18. The average Bonchev–Trinajstić information content (AvgIpc) is 3.09. The van der Waals surface area contributed by atoms with Crippen LogP contribution in [0.25, 0.3) is 0 Å². The van der Waals surface area contributed by atoms with Crippen LogP contribution >= 0.6 is 0 Å². The minimum atomic E-state index is -0.748. The average molecular weight is 409 g/mol. The van der Waals surface area contributed by atoms with Crippen molar-refractivity contribution in [3.8, 4) is 0 Å². The van der Waals surface area contributed by atoms with Gasteiger partial charge in [-0.15, -0.1) is 0 Å². The molecule has 2 N–H and O–H groups in total. The molecule has 0 radical (unpaired) electrons. The van der Waals surface area contributed by atoms with Crippen molar-refractivity contribution < 1.29 is 23.9 Å². The van der Waals surface area contributed by atoms with Crippen molar-refractivity contribution >= 4 is 29.4 Å². The van der Waals surface area contributed by atoms with Gasteiger partial charge < -0.3 is 10.1 Å². The van der Waals surface area contributed by atoms with Crippen LogP contribution in [-0.4, -0.2) is 41.9 Å². The zero-order chi connectivity index (χ0) is 21.7. The van der Waals surface area contributed by atoms with E-state index >= 15 is 0 Å².